The molecule has 0 bridgehead atoms. The normalized spacial score (nSPS) is 18.8. The molecule has 0 aromatic carbocycles. The van der Waals surface area contributed by atoms with Gasteiger partial charge in [0.1, 0.15) is 0 Å². The van der Waals surface area contributed by atoms with E-state index < -0.39 is 0 Å². The summed E-state index contributed by atoms with van der Waals surface area (Å²) in [5, 5.41) is 4.72. The molecule has 1 saturated heterocycles. The van der Waals surface area contributed by atoms with Crippen molar-refractivity contribution < 1.29 is 0 Å². The molecule has 2 rings (SSSR count). The van der Waals surface area contributed by atoms with Gasteiger partial charge in [0.05, 0.1) is 0 Å². The number of piperazine rings is 1. The van der Waals surface area contributed by atoms with Crippen LogP contribution in [-0.2, 0) is 0 Å². The molecular weight excluding hydrogens is 268 g/mol. The molecular formula is C15H28N4S. The maximum Gasteiger partial charge on any atom is 0.185 e. The van der Waals surface area contributed by atoms with Gasteiger partial charge in [0.25, 0.3) is 0 Å². The average molecular weight is 296 g/mol. The molecule has 1 fully saturated rings. The van der Waals surface area contributed by atoms with E-state index in [-0.39, 0.29) is 0 Å². The molecule has 1 unspecified atom stereocenters. The molecule has 0 aliphatic carbocycles. The molecule has 1 aromatic heterocycles. The van der Waals surface area contributed by atoms with Gasteiger partial charge in [0.15, 0.2) is 5.13 Å². The first-order valence-electron chi connectivity index (χ1n) is 7.80. The lowest BCUT2D eigenvalue weighted by Gasteiger charge is -2.36. The van der Waals surface area contributed by atoms with E-state index in [1.807, 2.05) is 17.5 Å². The maximum absolute atomic E-state index is 4.62. The number of nitrogens with zero attached hydrogens (tertiary/aromatic N) is 3. The highest BCUT2D eigenvalue weighted by Crippen LogP contribution is 2.28. The topological polar surface area (TPSA) is 31.4 Å². The zero-order valence-electron chi connectivity index (χ0n) is 13.2. The fourth-order valence-corrected chi connectivity index (χ4v) is 3.51. The lowest BCUT2D eigenvalue weighted by Crippen LogP contribution is -2.48. The largest absolute Gasteiger partial charge is 0.346 e. The van der Waals surface area contributed by atoms with Crippen LogP contribution >= 0.6 is 11.3 Å². The van der Waals surface area contributed by atoms with Gasteiger partial charge in [-0.3, -0.25) is 4.90 Å². The molecule has 4 nitrogen and oxygen atoms in total. The number of thiazole rings is 1. The van der Waals surface area contributed by atoms with Crippen molar-refractivity contribution in [2.75, 3.05) is 37.6 Å². The van der Waals surface area contributed by atoms with Crippen molar-refractivity contribution in [3.8, 4) is 0 Å². The summed E-state index contributed by atoms with van der Waals surface area (Å²) in [4.78, 5) is 10.9. The molecule has 1 aliphatic rings. The number of nitrogens with one attached hydrogen (secondary N) is 1. The summed E-state index contributed by atoms with van der Waals surface area (Å²) >= 11 is 1.84. The van der Waals surface area contributed by atoms with E-state index in [4.69, 9.17) is 0 Å². The van der Waals surface area contributed by atoms with Crippen LogP contribution in [0, 0.1) is 0 Å². The van der Waals surface area contributed by atoms with E-state index in [1.54, 1.807) is 0 Å². The Labute approximate surface area is 127 Å². The van der Waals surface area contributed by atoms with Gasteiger partial charge >= 0.3 is 0 Å². The van der Waals surface area contributed by atoms with Crippen LogP contribution in [0.4, 0.5) is 5.13 Å². The fourth-order valence-electron chi connectivity index (χ4n) is 2.51. The third-order valence-corrected chi connectivity index (χ3v) is 5.19. The van der Waals surface area contributed by atoms with Crippen molar-refractivity contribution >= 4 is 16.5 Å². The Morgan fingerprint density at radius 1 is 1.25 bits per heavy atom. The first kappa shape index (κ1) is 15.7. The van der Waals surface area contributed by atoms with Crippen molar-refractivity contribution in [2.24, 2.45) is 0 Å². The molecule has 0 spiro atoms. The summed E-state index contributed by atoms with van der Waals surface area (Å²) in [6.45, 7) is 14.5. The summed E-state index contributed by atoms with van der Waals surface area (Å²) in [6.07, 6.45) is 3.22. The summed E-state index contributed by atoms with van der Waals surface area (Å²) in [5.74, 6) is 0. The molecule has 114 valence electrons. The summed E-state index contributed by atoms with van der Waals surface area (Å²) in [6, 6.07) is 1.07. The predicted molar refractivity (Wildman–Crippen MR) is 87.7 cm³/mol. The van der Waals surface area contributed by atoms with Crippen LogP contribution in [0.1, 0.15) is 45.0 Å². The Morgan fingerprint density at radius 3 is 2.55 bits per heavy atom. The highest BCUT2D eigenvalue weighted by atomic mass is 32.1. The van der Waals surface area contributed by atoms with E-state index in [0.29, 0.717) is 12.1 Å². The molecule has 1 aliphatic heterocycles. The number of aromatic nitrogens is 1. The molecule has 0 radical (unpaired) electrons. The Kier molecular flexibility index (Phi) is 5.81. The zero-order valence-corrected chi connectivity index (χ0v) is 14.0. The first-order chi connectivity index (χ1) is 9.61. The molecule has 5 heteroatoms. The third kappa shape index (κ3) is 3.93. The average Bonchev–Trinajstić information content (AvgIpc) is 2.94. The van der Waals surface area contributed by atoms with Crippen molar-refractivity contribution in [3.05, 3.63) is 11.1 Å². The minimum atomic E-state index is 0.415. The number of hydrogen-bond donors (Lipinski definition) is 1. The van der Waals surface area contributed by atoms with Crippen LogP contribution in [0.15, 0.2) is 6.20 Å². The lowest BCUT2D eigenvalue weighted by atomic mass is 10.2. The van der Waals surface area contributed by atoms with Crippen LogP contribution in [0.25, 0.3) is 0 Å². The highest BCUT2D eigenvalue weighted by Gasteiger charge is 2.21. The number of rotatable bonds is 6. The van der Waals surface area contributed by atoms with Gasteiger partial charge in [0, 0.05) is 49.3 Å². The summed E-state index contributed by atoms with van der Waals surface area (Å²) in [5.41, 5.74) is 0. The van der Waals surface area contributed by atoms with Gasteiger partial charge in [0.2, 0.25) is 0 Å². The smallest absolute Gasteiger partial charge is 0.185 e. The van der Waals surface area contributed by atoms with Gasteiger partial charge in [-0.1, -0.05) is 6.92 Å². The van der Waals surface area contributed by atoms with Crippen LogP contribution in [0.2, 0.25) is 0 Å². The monoisotopic (exact) mass is 296 g/mol. The zero-order chi connectivity index (χ0) is 14.5. The van der Waals surface area contributed by atoms with Crippen molar-refractivity contribution in [1.29, 1.82) is 0 Å². The van der Waals surface area contributed by atoms with Gasteiger partial charge in [-0.05, 0) is 33.7 Å². The molecule has 1 atom stereocenters. The van der Waals surface area contributed by atoms with Crippen LogP contribution in [0.5, 0.6) is 0 Å². The molecule has 0 amide bonds. The van der Waals surface area contributed by atoms with E-state index in [1.165, 1.54) is 16.4 Å². The number of hydrogen-bond acceptors (Lipinski definition) is 5. The Morgan fingerprint density at radius 2 is 1.95 bits per heavy atom. The predicted octanol–water partition coefficient (Wildman–Crippen LogP) is 2.73. The van der Waals surface area contributed by atoms with Gasteiger partial charge in [-0.15, -0.1) is 11.3 Å². The van der Waals surface area contributed by atoms with Crippen LogP contribution in [-0.4, -0.2) is 48.6 Å². The Balaban J connectivity index is 1.89. The van der Waals surface area contributed by atoms with E-state index in [2.05, 4.69) is 47.8 Å². The second kappa shape index (κ2) is 7.38. The minimum absolute atomic E-state index is 0.415. The SMILES string of the molecule is CCCNC(C)c1cnc(N2CCN(C(C)C)CC2)s1. The summed E-state index contributed by atoms with van der Waals surface area (Å²) < 4.78 is 0. The summed E-state index contributed by atoms with van der Waals surface area (Å²) in [7, 11) is 0. The van der Waals surface area contributed by atoms with E-state index >= 15 is 0 Å². The third-order valence-electron chi connectivity index (χ3n) is 3.95. The standard InChI is InChI=1S/C15H28N4S/c1-5-6-16-13(4)14-11-17-15(20-14)19-9-7-18(8-10-19)12(2)3/h11-13,16H,5-10H2,1-4H3. The number of anilines is 1. The Bertz CT molecular complexity index is 396. The molecule has 2 heterocycles. The van der Waals surface area contributed by atoms with Crippen molar-refractivity contribution in [2.45, 2.75) is 46.2 Å². The van der Waals surface area contributed by atoms with E-state index in [0.717, 1.165) is 32.7 Å². The quantitative estimate of drug-likeness (QED) is 0.874. The molecule has 0 saturated carbocycles. The molecule has 1 N–H and O–H groups in total. The van der Waals surface area contributed by atoms with Gasteiger partial charge < -0.3 is 10.2 Å². The van der Waals surface area contributed by atoms with E-state index in [9.17, 15) is 0 Å². The van der Waals surface area contributed by atoms with Gasteiger partial charge in [-0.25, -0.2) is 4.98 Å². The second-order valence-electron chi connectivity index (χ2n) is 5.84. The van der Waals surface area contributed by atoms with Crippen molar-refractivity contribution in [3.63, 3.8) is 0 Å². The van der Waals surface area contributed by atoms with Crippen LogP contribution in [0.3, 0.4) is 0 Å². The van der Waals surface area contributed by atoms with Crippen molar-refractivity contribution in [1.82, 2.24) is 15.2 Å². The van der Waals surface area contributed by atoms with Crippen LogP contribution < -0.4 is 10.2 Å². The Hall–Kier alpha value is -0.650. The highest BCUT2D eigenvalue weighted by molar-refractivity contribution is 7.15. The first-order valence-corrected chi connectivity index (χ1v) is 8.61. The maximum atomic E-state index is 4.62. The second-order valence-corrected chi connectivity index (χ2v) is 6.88. The lowest BCUT2D eigenvalue weighted by molar-refractivity contribution is 0.209. The fraction of sp³-hybridized carbons (Fsp3) is 0.800. The van der Waals surface area contributed by atoms with Gasteiger partial charge in [-0.2, -0.15) is 0 Å². The minimum Gasteiger partial charge on any atom is -0.346 e. The molecule has 20 heavy (non-hydrogen) atoms. The molecule has 1 aromatic rings.